The second-order valence-corrected chi connectivity index (χ2v) is 7.52. The van der Waals surface area contributed by atoms with Crippen LogP contribution in [0, 0.1) is 17.2 Å². The van der Waals surface area contributed by atoms with Gasteiger partial charge in [-0.05, 0) is 12.3 Å². The number of pyridine rings is 1. The number of aromatic nitrogens is 2. The SMILES string of the molecule is CC[C@H](CC#N)NC(=O)[C@@H](C(C)C)N1Cc2c(Cl)cnc3[nH]cc(c23)C1=O. The van der Waals surface area contributed by atoms with Crippen LogP contribution in [0.3, 0.4) is 0 Å². The van der Waals surface area contributed by atoms with Crippen LogP contribution < -0.4 is 5.32 Å². The maximum Gasteiger partial charge on any atom is 0.257 e. The number of carbonyl (C=O) groups excluding carboxylic acids is 2. The quantitative estimate of drug-likeness (QED) is 0.795. The van der Waals surface area contributed by atoms with Crippen molar-refractivity contribution in [3.05, 3.63) is 28.5 Å². The third-order valence-electron chi connectivity index (χ3n) is 4.99. The van der Waals surface area contributed by atoms with Gasteiger partial charge in [-0.1, -0.05) is 32.4 Å². The van der Waals surface area contributed by atoms with Gasteiger partial charge >= 0.3 is 0 Å². The molecule has 2 aromatic heterocycles. The normalized spacial score (nSPS) is 15.7. The molecule has 0 saturated heterocycles. The Kier molecular flexibility index (Phi) is 5.38. The Morgan fingerprint density at radius 1 is 1.52 bits per heavy atom. The fraction of sp³-hybridized carbons (Fsp3) is 0.474. The van der Waals surface area contributed by atoms with Crippen LogP contribution in [0.4, 0.5) is 0 Å². The average molecular weight is 388 g/mol. The smallest absolute Gasteiger partial charge is 0.257 e. The Bertz CT molecular complexity index is 930. The molecule has 2 N–H and O–H groups in total. The molecular weight excluding hydrogens is 366 g/mol. The number of rotatable bonds is 6. The second-order valence-electron chi connectivity index (χ2n) is 7.11. The molecule has 0 radical (unpaired) electrons. The molecule has 0 saturated carbocycles. The molecule has 8 heteroatoms. The minimum Gasteiger partial charge on any atom is -0.351 e. The van der Waals surface area contributed by atoms with Crippen molar-refractivity contribution in [1.29, 1.82) is 5.26 Å². The number of hydrogen-bond donors (Lipinski definition) is 2. The highest BCUT2D eigenvalue weighted by Gasteiger charge is 2.38. The molecule has 0 fully saturated rings. The van der Waals surface area contributed by atoms with Crippen LogP contribution in [0.15, 0.2) is 12.4 Å². The fourth-order valence-electron chi connectivity index (χ4n) is 3.58. The number of hydrogen-bond acceptors (Lipinski definition) is 4. The van der Waals surface area contributed by atoms with Gasteiger partial charge in [0.2, 0.25) is 5.91 Å². The number of carbonyl (C=O) groups is 2. The molecule has 0 spiro atoms. The molecular formula is C19H22ClN5O2. The van der Waals surface area contributed by atoms with E-state index in [0.29, 0.717) is 22.7 Å². The van der Waals surface area contributed by atoms with Crippen molar-refractivity contribution in [1.82, 2.24) is 20.2 Å². The molecule has 0 aromatic carbocycles. The maximum atomic E-state index is 13.1. The van der Waals surface area contributed by atoms with Crippen molar-refractivity contribution in [2.45, 2.75) is 52.2 Å². The maximum absolute atomic E-state index is 13.1. The van der Waals surface area contributed by atoms with E-state index in [1.54, 1.807) is 17.3 Å². The molecule has 1 aliphatic heterocycles. The van der Waals surface area contributed by atoms with Gasteiger partial charge in [-0.15, -0.1) is 0 Å². The van der Waals surface area contributed by atoms with Gasteiger partial charge in [-0.25, -0.2) is 4.98 Å². The minimum absolute atomic E-state index is 0.106. The van der Waals surface area contributed by atoms with Gasteiger partial charge in [0.05, 0.1) is 23.1 Å². The Balaban J connectivity index is 1.95. The van der Waals surface area contributed by atoms with Gasteiger partial charge in [0.1, 0.15) is 11.7 Å². The first-order valence-corrected chi connectivity index (χ1v) is 9.39. The number of halogens is 1. The van der Waals surface area contributed by atoms with Crippen molar-refractivity contribution >= 4 is 34.4 Å². The highest BCUT2D eigenvalue weighted by atomic mass is 35.5. The van der Waals surface area contributed by atoms with Gasteiger partial charge in [-0.2, -0.15) is 5.26 Å². The average Bonchev–Trinajstić information content (AvgIpc) is 3.06. The summed E-state index contributed by atoms with van der Waals surface area (Å²) in [6.45, 7) is 5.96. The lowest BCUT2D eigenvalue weighted by Gasteiger charge is -2.36. The lowest BCUT2D eigenvalue weighted by Crippen LogP contribution is -2.54. The Hall–Kier alpha value is -2.59. The van der Waals surface area contributed by atoms with Crippen LogP contribution in [0.25, 0.3) is 11.0 Å². The standard InChI is InChI=1S/C19H22ClN5O2/c1-4-11(5-6-21)24-18(26)16(10(2)3)25-9-13-14(20)8-23-17-15(13)12(7-22-17)19(25)27/h7-8,10-11,16H,4-5,9H2,1-3H3,(H,22,23)(H,24,26)/t11-,16-/m1/s1. The van der Waals surface area contributed by atoms with Crippen molar-refractivity contribution in [2.75, 3.05) is 0 Å². The molecule has 7 nitrogen and oxygen atoms in total. The fourth-order valence-corrected chi connectivity index (χ4v) is 3.78. The summed E-state index contributed by atoms with van der Waals surface area (Å²) in [6, 6.07) is 1.19. The molecule has 3 heterocycles. The molecule has 2 atom stereocenters. The number of amides is 2. The van der Waals surface area contributed by atoms with E-state index >= 15 is 0 Å². The number of nitriles is 1. The Morgan fingerprint density at radius 3 is 2.89 bits per heavy atom. The first-order chi connectivity index (χ1) is 12.9. The predicted octanol–water partition coefficient (Wildman–Crippen LogP) is 3.01. The van der Waals surface area contributed by atoms with Crippen molar-refractivity contribution in [3.8, 4) is 6.07 Å². The van der Waals surface area contributed by atoms with E-state index in [9.17, 15) is 9.59 Å². The van der Waals surface area contributed by atoms with Crippen molar-refractivity contribution in [2.24, 2.45) is 5.92 Å². The van der Waals surface area contributed by atoms with E-state index in [0.717, 1.165) is 10.9 Å². The van der Waals surface area contributed by atoms with E-state index in [2.05, 4.69) is 21.4 Å². The summed E-state index contributed by atoms with van der Waals surface area (Å²) in [5, 5.41) is 13.0. The zero-order chi connectivity index (χ0) is 19.7. The summed E-state index contributed by atoms with van der Waals surface area (Å²) < 4.78 is 0. The molecule has 0 aliphatic carbocycles. The molecule has 27 heavy (non-hydrogen) atoms. The summed E-state index contributed by atoms with van der Waals surface area (Å²) in [7, 11) is 0. The third kappa shape index (κ3) is 3.37. The van der Waals surface area contributed by atoms with Gasteiger partial charge in [0, 0.05) is 35.9 Å². The predicted molar refractivity (Wildman–Crippen MR) is 102 cm³/mol. The molecule has 0 bridgehead atoms. The van der Waals surface area contributed by atoms with Crippen LogP contribution in [-0.2, 0) is 11.3 Å². The summed E-state index contributed by atoms with van der Waals surface area (Å²) in [5.41, 5.74) is 1.88. The highest BCUT2D eigenvalue weighted by Crippen LogP contribution is 2.35. The van der Waals surface area contributed by atoms with Crippen LogP contribution in [-0.4, -0.2) is 38.8 Å². The van der Waals surface area contributed by atoms with Crippen LogP contribution in [0.5, 0.6) is 0 Å². The highest BCUT2D eigenvalue weighted by molar-refractivity contribution is 6.32. The Labute approximate surface area is 162 Å². The lowest BCUT2D eigenvalue weighted by molar-refractivity contribution is -0.128. The summed E-state index contributed by atoms with van der Waals surface area (Å²) >= 11 is 6.34. The third-order valence-corrected chi connectivity index (χ3v) is 5.31. The number of H-pyrrole nitrogens is 1. The van der Waals surface area contributed by atoms with E-state index in [1.807, 2.05) is 20.8 Å². The number of nitrogens with zero attached hydrogens (tertiary/aromatic N) is 3. The lowest BCUT2D eigenvalue weighted by atomic mass is 9.95. The van der Waals surface area contributed by atoms with Crippen LogP contribution in [0.1, 0.15) is 49.5 Å². The molecule has 1 aliphatic rings. The van der Waals surface area contributed by atoms with E-state index in [1.165, 1.54) is 0 Å². The van der Waals surface area contributed by atoms with Gasteiger partial charge in [-0.3, -0.25) is 9.59 Å². The van der Waals surface area contributed by atoms with E-state index < -0.39 is 6.04 Å². The van der Waals surface area contributed by atoms with Crippen LogP contribution in [0.2, 0.25) is 5.02 Å². The van der Waals surface area contributed by atoms with E-state index in [4.69, 9.17) is 16.9 Å². The van der Waals surface area contributed by atoms with Crippen LogP contribution >= 0.6 is 11.6 Å². The first-order valence-electron chi connectivity index (χ1n) is 9.01. The number of aromatic amines is 1. The molecule has 2 aromatic rings. The molecule has 0 unspecified atom stereocenters. The second kappa shape index (κ2) is 7.57. The first kappa shape index (κ1) is 19.2. The summed E-state index contributed by atoms with van der Waals surface area (Å²) in [5.74, 6) is -0.578. The molecule has 142 valence electrons. The Morgan fingerprint density at radius 2 is 2.26 bits per heavy atom. The van der Waals surface area contributed by atoms with Crippen molar-refractivity contribution < 1.29 is 9.59 Å². The summed E-state index contributed by atoms with van der Waals surface area (Å²) in [6.07, 6.45) is 4.06. The van der Waals surface area contributed by atoms with Gasteiger partial charge in [0.15, 0.2) is 0 Å². The monoisotopic (exact) mass is 387 g/mol. The molecule has 3 rings (SSSR count). The van der Waals surface area contributed by atoms with Crippen molar-refractivity contribution in [3.63, 3.8) is 0 Å². The minimum atomic E-state index is -0.660. The largest absolute Gasteiger partial charge is 0.351 e. The zero-order valence-corrected chi connectivity index (χ0v) is 16.3. The zero-order valence-electron chi connectivity index (χ0n) is 15.5. The van der Waals surface area contributed by atoms with E-state index in [-0.39, 0.29) is 36.7 Å². The summed E-state index contributed by atoms with van der Waals surface area (Å²) in [4.78, 5) is 34.9. The van der Waals surface area contributed by atoms with Gasteiger partial charge in [0.25, 0.3) is 5.91 Å². The number of nitrogens with one attached hydrogen (secondary N) is 2. The topological polar surface area (TPSA) is 102 Å². The van der Waals surface area contributed by atoms with Gasteiger partial charge < -0.3 is 15.2 Å². The molecule has 2 amide bonds.